The van der Waals surface area contributed by atoms with Gasteiger partial charge in [0.15, 0.2) is 0 Å². The van der Waals surface area contributed by atoms with Crippen LogP contribution in [0.5, 0.6) is 0 Å². The number of nitrogens with one attached hydrogen (secondary N) is 2. The van der Waals surface area contributed by atoms with Crippen molar-refractivity contribution in [2.75, 3.05) is 5.75 Å². The monoisotopic (exact) mass is 636 g/mol. The van der Waals surface area contributed by atoms with Crippen molar-refractivity contribution in [2.45, 2.75) is 120 Å². The number of hydrogen-bond donors (Lipinski definition) is 4. The second kappa shape index (κ2) is 16.2. The number of amides is 2. The summed E-state index contributed by atoms with van der Waals surface area (Å²) in [6, 6.07) is 12.6. The molecule has 0 aromatic heterocycles. The second-order valence-electron chi connectivity index (χ2n) is 14.2. The van der Waals surface area contributed by atoms with Crippen molar-refractivity contribution in [3.05, 3.63) is 48.0 Å². The summed E-state index contributed by atoms with van der Waals surface area (Å²) in [5.41, 5.74) is 1.00. The second-order valence-corrected chi connectivity index (χ2v) is 16.5. The van der Waals surface area contributed by atoms with Crippen LogP contribution in [0, 0.1) is 30.1 Å². The molecule has 45 heavy (non-hydrogen) atoms. The van der Waals surface area contributed by atoms with Crippen molar-refractivity contribution >= 4 is 33.4 Å². The number of rotatable bonds is 15. The summed E-state index contributed by atoms with van der Waals surface area (Å²) in [5, 5.41) is 29.9. The summed E-state index contributed by atoms with van der Waals surface area (Å²) < 4.78 is 12.9. The average Bonchev–Trinajstić information content (AvgIpc) is 3.84. The van der Waals surface area contributed by atoms with Crippen LogP contribution in [-0.2, 0) is 26.8 Å². The largest absolute Gasteiger partial charge is 0.389 e. The van der Waals surface area contributed by atoms with Gasteiger partial charge >= 0.3 is 0 Å². The molecule has 2 aliphatic carbocycles. The number of terminal acetylenes is 1. The zero-order valence-corrected chi connectivity index (χ0v) is 28.0. The molecule has 8 heteroatoms. The lowest BCUT2D eigenvalue weighted by atomic mass is 9.82. The lowest BCUT2D eigenvalue weighted by Gasteiger charge is -2.33. The molecule has 2 saturated carbocycles. The number of aliphatic hydroxyl groups is 2. The lowest BCUT2D eigenvalue weighted by molar-refractivity contribution is -0.132. The number of carbonyl (C=O) groups excluding carboxylic acids is 2. The molecule has 4 rings (SSSR count). The van der Waals surface area contributed by atoms with Crippen LogP contribution in [0.2, 0.25) is 0 Å². The first-order chi connectivity index (χ1) is 21.5. The molecule has 7 nitrogen and oxygen atoms in total. The summed E-state index contributed by atoms with van der Waals surface area (Å²) in [5.74, 6) is 2.01. The molecular formula is C37H52N2O5S. The minimum absolute atomic E-state index is 0.0127. The van der Waals surface area contributed by atoms with Crippen LogP contribution in [0.3, 0.4) is 0 Å². The highest BCUT2D eigenvalue weighted by Gasteiger charge is 2.37. The molecule has 1 unspecified atom stereocenters. The third-order valence-electron chi connectivity index (χ3n) is 9.42. The van der Waals surface area contributed by atoms with Crippen LogP contribution in [0.25, 0.3) is 10.8 Å². The summed E-state index contributed by atoms with van der Waals surface area (Å²) in [7, 11) is -1.28. The van der Waals surface area contributed by atoms with Gasteiger partial charge in [-0.2, -0.15) is 0 Å². The van der Waals surface area contributed by atoms with Crippen molar-refractivity contribution in [3.8, 4) is 12.3 Å². The van der Waals surface area contributed by atoms with E-state index in [-0.39, 0.29) is 24.0 Å². The number of hydrogen-bond acceptors (Lipinski definition) is 5. The first-order valence-corrected chi connectivity index (χ1v) is 18.0. The van der Waals surface area contributed by atoms with Crippen molar-refractivity contribution in [2.24, 2.45) is 17.8 Å². The van der Waals surface area contributed by atoms with Gasteiger partial charge < -0.3 is 20.8 Å². The normalized spacial score (nSPS) is 19.9. The molecule has 0 saturated heterocycles. The van der Waals surface area contributed by atoms with Gasteiger partial charge in [-0.1, -0.05) is 87.4 Å². The number of fused-ring (bicyclic) bond motifs is 1. The third kappa shape index (κ3) is 10.4. The highest BCUT2D eigenvalue weighted by molar-refractivity contribution is 7.86. The molecule has 2 amide bonds. The fourth-order valence-corrected chi connectivity index (χ4v) is 7.60. The summed E-state index contributed by atoms with van der Waals surface area (Å²) in [4.78, 5) is 28.0. The zero-order valence-electron chi connectivity index (χ0n) is 27.2. The molecule has 6 atom stereocenters. The molecule has 0 bridgehead atoms. The Morgan fingerprint density at radius 1 is 0.933 bits per heavy atom. The maximum atomic E-state index is 14.1. The zero-order chi connectivity index (χ0) is 32.6. The number of aliphatic hydroxyl groups excluding tert-OH is 2. The van der Waals surface area contributed by atoms with E-state index in [2.05, 4.69) is 16.6 Å². The van der Waals surface area contributed by atoms with Gasteiger partial charge in [-0.05, 0) is 68.2 Å². The molecule has 2 fully saturated rings. The third-order valence-corrected chi connectivity index (χ3v) is 11.5. The van der Waals surface area contributed by atoms with Crippen LogP contribution in [-0.4, -0.2) is 61.0 Å². The van der Waals surface area contributed by atoms with Gasteiger partial charge in [0, 0.05) is 27.7 Å². The predicted molar refractivity (Wildman–Crippen MR) is 182 cm³/mol. The molecule has 0 heterocycles. The van der Waals surface area contributed by atoms with Gasteiger partial charge in [0.05, 0.1) is 18.1 Å². The maximum absolute atomic E-state index is 14.1. The molecule has 0 radical (unpaired) electrons. The Hall–Kier alpha value is -2.73. The molecular weight excluding hydrogens is 584 g/mol. The van der Waals surface area contributed by atoms with Gasteiger partial charge in [0.25, 0.3) is 0 Å². The van der Waals surface area contributed by atoms with E-state index in [1.807, 2.05) is 63.2 Å². The van der Waals surface area contributed by atoms with E-state index in [4.69, 9.17) is 6.42 Å². The highest BCUT2D eigenvalue weighted by Crippen LogP contribution is 2.34. The Balaban J connectivity index is 1.55. The van der Waals surface area contributed by atoms with Crippen LogP contribution >= 0.6 is 0 Å². The van der Waals surface area contributed by atoms with E-state index in [1.54, 1.807) is 0 Å². The van der Waals surface area contributed by atoms with Gasteiger partial charge in [-0.15, -0.1) is 12.3 Å². The predicted octanol–water partition coefficient (Wildman–Crippen LogP) is 5.03. The minimum Gasteiger partial charge on any atom is -0.389 e. The first-order valence-electron chi connectivity index (χ1n) is 16.7. The topological polar surface area (TPSA) is 116 Å². The van der Waals surface area contributed by atoms with Gasteiger partial charge in [0.1, 0.15) is 12.1 Å². The van der Waals surface area contributed by atoms with Gasteiger partial charge in [-0.25, -0.2) is 0 Å². The highest BCUT2D eigenvalue weighted by atomic mass is 32.2. The SMILES string of the molecule is C#CC[C@H](O)[C@H](O)[C@H](CC1CCCCC1)NC(=O)[C@H](CC1CC1)NC(=O)[C@H](Cc1cccc2ccccc12)CS(=O)C(C)(C)C. The van der Waals surface area contributed by atoms with E-state index in [0.29, 0.717) is 31.1 Å². The number of benzene rings is 2. The molecule has 0 aliphatic heterocycles. The maximum Gasteiger partial charge on any atom is 0.242 e. The van der Waals surface area contributed by atoms with Crippen LogP contribution < -0.4 is 10.6 Å². The fraction of sp³-hybridized carbons (Fsp3) is 0.622. The van der Waals surface area contributed by atoms with Gasteiger partial charge in [-0.3, -0.25) is 13.8 Å². The van der Waals surface area contributed by atoms with Crippen LogP contribution in [0.4, 0.5) is 0 Å². The smallest absolute Gasteiger partial charge is 0.242 e. The lowest BCUT2D eigenvalue weighted by Crippen LogP contribution is -2.56. The summed E-state index contributed by atoms with van der Waals surface area (Å²) in [6.45, 7) is 5.73. The van der Waals surface area contributed by atoms with Gasteiger partial charge in [0.2, 0.25) is 11.8 Å². The number of carbonyl (C=O) groups is 2. The Labute approximate surface area is 271 Å². The minimum atomic E-state index is -1.28. The van der Waals surface area contributed by atoms with Crippen molar-refractivity contribution < 1.29 is 24.0 Å². The Bertz CT molecular complexity index is 1350. The van der Waals surface area contributed by atoms with E-state index < -0.39 is 45.8 Å². The average molecular weight is 637 g/mol. The van der Waals surface area contributed by atoms with E-state index in [9.17, 15) is 24.0 Å². The molecule has 0 spiro atoms. The van der Waals surface area contributed by atoms with Crippen LogP contribution in [0.15, 0.2) is 42.5 Å². The van der Waals surface area contributed by atoms with E-state index in [1.165, 1.54) is 6.42 Å². The van der Waals surface area contributed by atoms with E-state index in [0.717, 1.165) is 54.9 Å². The molecule has 2 aliphatic rings. The molecule has 2 aromatic rings. The van der Waals surface area contributed by atoms with Crippen molar-refractivity contribution in [1.82, 2.24) is 10.6 Å². The Morgan fingerprint density at radius 3 is 2.27 bits per heavy atom. The molecule has 2 aromatic carbocycles. The van der Waals surface area contributed by atoms with E-state index >= 15 is 0 Å². The quantitative estimate of drug-likeness (QED) is 0.205. The Morgan fingerprint density at radius 2 is 1.60 bits per heavy atom. The molecule has 4 N–H and O–H groups in total. The summed E-state index contributed by atoms with van der Waals surface area (Å²) >= 11 is 0. The molecule has 246 valence electrons. The summed E-state index contributed by atoms with van der Waals surface area (Å²) in [6.07, 6.45) is 11.9. The standard InChI is InChI=1S/C37H52N2O5S/c1-5-12-33(40)34(41)31(21-25-13-7-6-8-14-25)38-36(43)32(22-26-19-20-26)39-35(42)29(24-45(44)37(2,3)4)23-28-17-11-16-27-15-9-10-18-30(27)28/h1,9-11,15-18,25-26,29,31-34,40-41H,6-8,12-14,19-24H2,2-4H3,(H,38,43)(H,39,42)/t29-,31+,32+,33+,34-,45?/m1/s1. The van der Waals surface area contributed by atoms with Crippen molar-refractivity contribution in [3.63, 3.8) is 0 Å². The fourth-order valence-electron chi connectivity index (χ4n) is 6.46. The van der Waals surface area contributed by atoms with Crippen LogP contribution in [0.1, 0.15) is 90.5 Å². The van der Waals surface area contributed by atoms with Crippen molar-refractivity contribution in [1.29, 1.82) is 0 Å². The Kier molecular flexibility index (Phi) is 12.6. The first kappa shape index (κ1) is 35.1.